The molecule has 1 aromatic rings. The zero-order valence-electron chi connectivity index (χ0n) is 13.8. The number of rotatable bonds is 2. The molecule has 1 unspecified atom stereocenters. The van der Waals surface area contributed by atoms with Crippen LogP contribution in [0.15, 0.2) is 24.3 Å². The van der Waals surface area contributed by atoms with E-state index in [-0.39, 0.29) is 12.6 Å². The molecule has 1 fully saturated rings. The van der Waals surface area contributed by atoms with Crippen molar-refractivity contribution in [2.24, 2.45) is 0 Å². The number of amides is 1. The lowest BCUT2D eigenvalue weighted by molar-refractivity contribution is -0.0475. The highest BCUT2D eigenvalue weighted by molar-refractivity contribution is 5.68. The molecule has 0 bridgehead atoms. The highest BCUT2D eigenvalue weighted by Gasteiger charge is 2.39. The van der Waals surface area contributed by atoms with Crippen molar-refractivity contribution >= 4 is 6.09 Å². The summed E-state index contributed by atoms with van der Waals surface area (Å²) in [5.74, 6) is 0.635. The van der Waals surface area contributed by atoms with Crippen molar-refractivity contribution in [3.05, 3.63) is 29.8 Å². The molecule has 122 valence electrons. The average Bonchev–Trinajstić information content (AvgIpc) is 2.45. The van der Waals surface area contributed by atoms with E-state index in [0.29, 0.717) is 30.7 Å². The molecule has 0 aliphatic carbocycles. The molecule has 5 heteroatoms. The van der Waals surface area contributed by atoms with E-state index < -0.39 is 11.2 Å². The molecule has 1 saturated heterocycles. The van der Waals surface area contributed by atoms with Gasteiger partial charge in [-0.05, 0) is 39.7 Å². The summed E-state index contributed by atoms with van der Waals surface area (Å²) in [7, 11) is 1.58. The first-order valence-corrected chi connectivity index (χ1v) is 7.59. The minimum atomic E-state index is -1.11. The second kappa shape index (κ2) is 6.16. The van der Waals surface area contributed by atoms with Gasteiger partial charge in [-0.15, -0.1) is 0 Å². The van der Waals surface area contributed by atoms with Gasteiger partial charge < -0.3 is 19.5 Å². The fraction of sp³-hybridized carbons (Fsp3) is 0.588. The molecule has 22 heavy (non-hydrogen) atoms. The maximum absolute atomic E-state index is 12.2. The molecule has 1 aromatic carbocycles. The first-order valence-electron chi connectivity index (χ1n) is 7.59. The number of para-hydroxylation sites is 1. The largest absolute Gasteiger partial charge is 0.496 e. The molecular weight excluding hydrogens is 282 g/mol. The third-order valence-electron chi connectivity index (χ3n) is 3.73. The number of likely N-dealkylation sites (tertiary alicyclic amines) is 1. The minimum Gasteiger partial charge on any atom is -0.496 e. The molecule has 1 N–H and O–H groups in total. The molecule has 1 heterocycles. The number of piperidine rings is 1. The molecule has 0 aromatic heterocycles. The van der Waals surface area contributed by atoms with E-state index in [1.807, 2.05) is 45.0 Å². The zero-order valence-corrected chi connectivity index (χ0v) is 13.8. The van der Waals surface area contributed by atoms with Crippen LogP contribution < -0.4 is 4.74 Å². The number of methoxy groups -OCH3 is 1. The van der Waals surface area contributed by atoms with Crippen molar-refractivity contribution in [3.63, 3.8) is 0 Å². The van der Waals surface area contributed by atoms with E-state index in [0.717, 1.165) is 0 Å². The second-order valence-electron chi connectivity index (χ2n) is 6.74. The summed E-state index contributed by atoms with van der Waals surface area (Å²) in [5.41, 5.74) is -0.940. The number of hydrogen-bond acceptors (Lipinski definition) is 4. The van der Waals surface area contributed by atoms with Crippen LogP contribution in [0.5, 0.6) is 5.75 Å². The number of carbonyl (C=O) groups is 1. The Kier molecular flexibility index (Phi) is 4.66. The normalized spacial score (nSPS) is 22.3. The van der Waals surface area contributed by atoms with E-state index in [1.54, 1.807) is 12.0 Å². The van der Waals surface area contributed by atoms with Crippen LogP contribution in [0, 0.1) is 0 Å². The van der Waals surface area contributed by atoms with Crippen LogP contribution in [0.25, 0.3) is 0 Å². The quantitative estimate of drug-likeness (QED) is 0.912. The van der Waals surface area contributed by atoms with Crippen molar-refractivity contribution in [2.75, 3.05) is 20.2 Å². The zero-order chi connectivity index (χ0) is 16.4. The van der Waals surface area contributed by atoms with Crippen molar-refractivity contribution in [3.8, 4) is 5.75 Å². The van der Waals surface area contributed by atoms with Gasteiger partial charge in [-0.25, -0.2) is 4.79 Å². The van der Waals surface area contributed by atoms with Crippen LogP contribution >= 0.6 is 0 Å². The van der Waals surface area contributed by atoms with Crippen molar-refractivity contribution in [1.29, 1.82) is 0 Å². The number of benzene rings is 1. The number of nitrogens with zero attached hydrogens (tertiary/aromatic N) is 1. The summed E-state index contributed by atoms with van der Waals surface area (Å²) in [4.78, 5) is 13.8. The van der Waals surface area contributed by atoms with Crippen molar-refractivity contribution in [1.82, 2.24) is 4.90 Å². The van der Waals surface area contributed by atoms with Crippen molar-refractivity contribution < 1.29 is 19.4 Å². The van der Waals surface area contributed by atoms with Gasteiger partial charge in [0, 0.05) is 12.1 Å². The molecule has 2 rings (SSSR count). The van der Waals surface area contributed by atoms with Gasteiger partial charge in [-0.2, -0.15) is 0 Å². The molecule has 1 atom stereocenters. The molecule has 5 nitrogen and oxygen atoms in total. The van der Waals surface area contributed by atoms with E-state index in [2.05, 4.69) is 0 Å². The Morgan fingerprint density at radius 2 is 2.00 bits per heavy atom. The minimum absolute atomic E-state index is 0.211. The monoisotopic (exact) mass is 307 g/mol. The lowest BCUT2D eigenvalue weighted by Crippen LogP contribution is -2.50. The summed E-state index contributed by atoms with van der Waals surface area (Å²) in [5, 5.41) is 11.0. The molecule has 0 saturated carbocycles. The molecule has 0 spiro atoms. The first-order chi connectivity index (χ1) is 10.2. The Morgan fingerprint density at radius 1 is 1.32 bits per heavy atom. The predicted octanol–water partition coefficient (Wildman–Crippen LogP) is 2.91. The summed E-state index contributed by atoms with van der Waals surface area (Å²) < 4.78 is 10.8. The van der Waals surface area contributed by atoms with Gasteiger partial charge >= 0.3 is 6.09 Å². The maximum atomic E-state index is 12.2. The molecule has 0 radical (unpaired) electrons. The van der Waals surface area contributed by atoms with Crippen LogP contribution in [-0.4, -0.2) is 41.9 Å². The van der Waals surface area contributed by atoms with Crippen LogP contribution in [0.4, 0.5) is 4.79 Å². The summed E-state index contributed by atoms with van der Waals surface area (Å²) >= 11 is 0. The van der Waals surface area contributed by atoms with Gasteiger partial charge in [0.25, 0.3) is 0 Å². The van der Waals surface area contributed by atoms with Gasteiger partial charge in [0.15, 0.2) is 0 Å². The Balaban J connectivity index is 2.20. The summed E-state index contributed by atoms with van der Waals surface area (Å²) in [6.45, 7) is 6.30. The maximum Gasteiger partial charge on any atom is 0.410 e. The SMILES string of the molecule is COc1ccccc1C1(O)CCCN(C(=O)OC(C)(C)C)C1. The predicted molar refractivity (Wildman–Crippen MR) is 83.9 cm³/mol. The lowest BCUT2D eigenvalue weighted by Gasteiger charge is -2.40. The Morgan fingerprint density at radius 3 is 2.64 bits per heavy atom. The van der Waals surface area contributed by atoms with Crippen LogP contribution in [0.3, 0.4) is 0 Å². The lowest BCUT2D eigenvalue weighted by atomic mass is 9.85. The second-order valence-corrected chi connectivity index (χ2v) is 6.74. The van der Waals surface area contributed by atoms with Gasteiger partial charge in [-0.1, -0.05) is 18.2 Å². The highest BCUT2D eigenvalue weighted by Crippen LogP contribution is 2.37. The van der Waals surface area contributed by atoms with Gasteiger partial charge in [0.05, 0.1) is 13.7 Å². The van der Waals surface area contributed by atoms with Crippen LogP contribution in [0.2, 0.25) is 0 Å². The van der Waals surface area contributed by atoms with Gasteiger partial charge in [0.1, 0.15) is 17.0 Å². The highest BCUT2D eigenvalue weighted by atomic mass is 16.6. The third kappa shape index (κ3) is 3.71. The molecule has 1 aliphatic heterocycles. The average molecular weight is 307 g/mol. The number of carbonyl (C=O) groups excluding carboxylic acids is 1. The van der Waals surface area contributed by atoms with E-state index in [1.165, 1.54) is 0 Å². The van der Waals surface area contributed by atoms with E-state index in [9.17, 15) is 9.90 Å². The number of hydrogen-bond donors (Lipinski definition) is 1. The van der Waals surface area contributed by atoms with E-state index >= 15 is 0 Å². The topological polar surface area (TPSA) is 59.0 Å². The Bertz CT molecular complexity index is 538. The standard InChI is InChI=1S/C17H25NO4/c1-16(2,3)22-15(19)18-11-7-10-17(20,12-18)13-8-5-6-9-14(13)21-4/h5-6,8-9,20H,7,10-12H2,1-4H3. The third-order valence-corrected chi connectivity index (χ3v) is 3.73. The fourth-order valence-corrected chi connectivity index (χ4v) is 2.77. The Labute approximate surface area is 131 Å². The van der Waals surface area contributed by atoms with Gasteiger partial charge in [-0.3, -0.25) is 0 Å². The van der Waals surface area contributed by atoms with Gasteiger partial charge in [0.2, 0.25) is 0 Å². The molecule has 1 aliphatic rings. The van der Waals surface area contributed by atoms with E-state index in [4.69, 9.17) is 9.47 Å². The molecular formula is C17H25NO4. The summed E-state index contributed by atoms with van der Waals surface area (Å²) in [6.07, 6.45) is 0.918. The number of ether oxygens (including phenoxy) is 2. The van der Waals surface area contributed by atoms with Crippen LogP contribution in [0.1, 0.15) is 39.2 Å². The van der Waals surface area contributed by atoms with Crippen molar-refractivity contribution in [2.45, 2.75) is 44.8 Å². The number of β-amino-alcohol motifs (C(OH)–C–C–N with tert-alkyl or cyclic N) is 1. The fourth-order valence-electron chi connectivity index (χ4n) is 2.77. The smallest absolute Gasteiger partial charge is 0.410 e. The van der Waals surface area contributed by atoms with Crippen LogP contribution in [-0.2, 0) is 10.3 Å². The Hall–Kier alpha value is -1.75. The first kappa shape index (κ1) is 16.6. The molecule has 1 amide bonds. The summed E-state index contributed by atoms with van der Waals surface area (Å²) in [6, 6.07) is 7.39. The number of aliphatic hydroxyl groups is 1.